The highest BCUT2D eigenvalue weighted by Crippen LogP contribution is 2.28. The molecule has 0 aliphatic rings. The standard InChI is InChI=1S/C26H32N2O3/c1-18(2)24-13-8-7-10-21(24)16-28-25(20-11-9-12-23(14-20)30-6)15-22(27-28)17-31-26(4,5)19(3)29/h7-15,18H,16-17H2,1-6H3. The molecule has 0 saturated heterocycles. The molecule has 31 heavy (non-hydrogen) atoms. The average Bonchev–Trinajstić information content (AvgIpc) is 3.15. The van der Waals surface area contributed by atoms with Crippen molar-refractivity contribution >= 4 is 5.78 Å². The predicted molar refractivity (Wildman–Crippen MR) is 123 cm³/mol. The van der Waals surface area contributed by atoms with Crippen LogP contribution in [0, 0.1) is 0 Å². The van der Waals surface area contributed by atoms with E-state index < -0.39 is 5.60 Å². The molecule has 0 amide bonds. The van der Waals surface area contributed by atoms with Crippen molar-refractivity contribution in [3.8, 4) is 17.0 Å². The molecular formula is C26H32N2O3. The lowest BCUT2D eigenvalue weighted by Gasteiger charge is -2.21. The van der Waals surface area contributed by atoms with Gasteiger partial charge < -0.3 is 9.47 Å². The molecule has 0 N–H and O–H groups in total. The van der Waals surface area contributed by atoms with Crippen LogP contribution in [0.5, 0.6) is 5.75 Å². The van der Waals surface area contributed by atoms with E-state index in [2.05, 4.69) is 44.2 Å². The van der Waals surface area contributed by atoms with Crippen LogP contribution in [0.15, 0.2) is 54.6 Å². The number of hydrogen-bond donors (Lipinski definition) is 0. The quantitative estimate of drug-likeness (QED) is 0.451. The van der Waals surface area contributed by atoms with Crippen LogP contribution in [-0.4, -0.2) is 28.3 Å². The number of carbonyl (C=O) groups excluding carboxylic acids is 1. The highest BCUT2D eigenvalue weighted by atomic mass is 16.5. The Bertz CT molecular complexity index is 1050. The number of ether oxygens (including phenoxy) is 2. The number of benzene rings is 2. The van der Waals surface area contributed by atoms with E-state index in [0.717, 1.165) is 22.7 Å². The molecule has 0 atom stereocenters. The molecule has 1 heterocycles. The van der Waals surface area contributed by atoms with E-state index in [4.69, 9.17) is 14.6 Å². The van der Waals surface area contributed by atoms with Crippen LogP contribution in [0.4, 0.5) is 0 Å². The molecule has 3 rings (SSSR count). The second-order valence-electron chi connectivity index (χ2n) is 8.62. The van der Waals surface area contributed by atoms with Crippen molar-refractivity contribution in [3.05, 3.63) is 71.4 Å². The number of ketones is 1. The molecule has 0 radical (unpaired) electrons. The van der Waals surface area contributed by atoms with Crippen LogP contribution in [0.2, 0.25) is 0 Å². The number of Topliss-reactive ketones (excluding diaryl/α,β-unsaturated/α-hetero) is 1. The zero-order valence-electron chi connectivity index (χ0n) is 19.3. The van der Waals surface area contributed by atoms with Gasteiger partial charge in [0.25, 0.3) is 0 Å². The van der Waals surface area contributed by atoms with Crippen molar-refractivity contribution in [2.75, 3.05) is 7.11 Å². The van der Waals surface area contributed by atoms with Gasteiger partial charge in [0, 0.05) is 5.56 Å². The highest BCUT2D eigenvalue weighted by molar-refractivity contribution is 5.83. The number of aromatic nitrogens is 2. The fourth-order valence-electron chi connectivity index (χ4n) is 3.43. The minimum atomic E-state index is -0.843. The lowest BCUT2D eigenvalue weighted by molar-refractivity contribution is -0.139. The lowest BCUT2D eigenvalue weighted by Crippen LogP contribution is -2.32. The number of methoxy groups -OCH3 is 1. The number of hydrogen-bond acceptors (Lipinski definition) is 4. The highest BCUT2D eigenvalue weighted by Gasteiger charge is 2.25. The third-order valence-electron chi connectivity index (χ3n) is 5.62. The first kappa shape index (κ1) is 22.8. The predicted octanol–water partition coefficient (Wildman–Crippen LogP) is 5.61. The Labute approximate surface area is 185 Å². The van der Waals surface area contributed by atoms with Crippen molar-refractivity contribution in [3.63, 3.8) is 0 Å². The summed E-state index contributed by atoms with van der Waals surface area (Å²) in [6, 6.07) is 18.5. The molecule has 3 aromatic rings. The summed E-state index contributed by atoms with van der Waals surface area (Å²) in [5.41, 5.74) is 4.49. The van der Waals surface area contributed by atoms with Crippen LogP contribution in [0.1, 0.15) is 57.4 Å². The Morgan fingerprint density at radius 2 is 1.84 bits per heavy atom. The number of carbonyl (C=O) groups is 1. The molecule has 0 saturated carbocycles. The molecular weight excluding hydrogens is 388 g/mol. The first-order chi connectivity index (χ1) is 14.7. The van der Waals surface area contributed by atoms with Crippen molar-refractivity contribution in [2.45, 2.75) is 59.3 Å². The van der Waals surface area contributed by atoms with Crippen molar-refractivity contribution < 1.29 is 14.3 Å². The summed E-state index contributed by atoms with van der Waals surface area (Å²) < 4.78 is 13.3. The minimum absolute atomic E-state index is 0.00851. The molecule has 164 valence electrons. The van der Waals surface area contributed by atoms with Gasteiger partial charge in [0.1, 0.15) is 11.4 Å². The van der Waals surface area contributed by atoms with Gasteiger partial charge in [-0.05, 0) is 56.0 Å². The van der Waals surface area contributed by atoms with Gasteiger partial charge in [-0.3, -0.25) is 9.48 Å². The smallest absolute Gasteiger partial charge is 0.161 e. The van der Waals surface area contributed by atoms with Gasteiger partial charge >= 0.3 is 0 Å². The normalized spacial score (nSPS) is 11.7. The Kier molecular flexibility index (Phi) is 6.96. The van der Waals surface area contributed by atoms with Crippen molar-refractivity contribution in [1.82, 2.24) is 9.78 Å². The lowest BCUT2D eigenvalue weighted by atomic mass is 9.97. The SMILES string of the molecule is COc1cccc(-c2cc(COC(C)(C)C(C)=O)nn2Cc2ccccc2C(C)C)c1. The van der Waals surface area contributed by atoms with Gasteiger partial charge in [-0.2, -0.15) is 5.10 Å². The van der Waals surface area contributed by atoms with E-state index in [-0.39, 0.29) is 12.4 Å². The zero-order chi connectivity index (χ0) is 22.6. The second kappa shape index (κ2) is 9.48. The second-order valence-corrected chi connectivity index (χ2v) is 8.62. The fourth-order valence-corrected chi connectivity index (χ4v) is 3.43. The van der Waals surface area contributed by atoms with Crippen LogP contribution in [0.3, 0.4) is 0 Å². The zero-order valence-corrected chi connectivity index (χ0v) is 19.3. The van der Waals surface area contributed by atoms with Gasteiger partial charge in [-0.15, -0.1) is 0 Å². The Hall–Kier alpha value is -2.92. The van der Waals surface area contributed by atoms with Gasteiger partial charge in [0.2, 0.25) is 0 Å². The molecule has 1 aromatic heterocycles. The Morgan fingerprint density at radius 1 is 1.10 bits per heavy atom. The number of nitrogens with zero attached hydrogens (tertiary/aromatic N) is 2. The molecule has 2 aromatic carbocycles. The first-order valence-electron chi connectivity index (χ1n) is 10.6. The molecule has 0 aliphatic carbocycles. The average molecular weight is 421 g/mol. The van der Waals surface area contributed by atoms with E-state index in [1.165, 1.54) is 11.1 Å². The van der Waals surface area contributed by atoms with Gasteiger partial charge in [-0.1, -0.05) is 50.2 Å². The van der Waals surface area contributed by atoms with E-state index >= 15 is 0 Å². The third-order valence-corrected chi connectivity index (χ3v) is 5.62. The fraction of sp³-hybridized carbons (Fsp3) is 0.385. The number of rotatable bonds is 9. The van der Waals surface area contributed by atoms with Crippen LogP contribution >= 0.6 is 0 Å². The molecule has 5 nitrogen and oxygen atoms in total. The molecule has 0 bridgehead atoms. The maximum atomic E-state index is 11.8. The van der Waals surface area contributed by atoms with Gasteiger partial charge in [-0.25, -0.2) is 0 Å². The Balaban J connectivity index is 2.00. The van der Waals surface area contributed by atoms with Crippen LogP contribution < -0.4 is 4.74 Å². The van der Waals surface area contributed by atoms with Gasteiger partial charge in [0.05, 0.1) is 31.6 Å². The Morgan fingerprint density at radius 3 is 2.52 bits per heavy atom. The minimum Gasteiger partial charge on any atom is -0.497 e. The molecule has 0 aliphatic heterocycles. The van der Waals surface area contributed by atoms with Crippen LogP contribution in [-0.2, 0) is 22.7 Å². The topological polar surface area (TPSA) is 53.4 Å². The maximum Gasteiger partial charge on any atom is 0.161 e. The summed E-state index contributed by atoms with van der Waals surface area (Å²) in [6.45, 7) is 10.4. The van der Waals surface area contributed by atoms with Crippen LogP contribution in [0.25, 0.3) is 11.3 Å². The van der Waals surface area contributed by atoms with Crippen molar-refractivity contribution in [1.29, 1.82) is 0 Å². The molecule has 0 spiro atoms. The van der Waals surface area contributed by atoms with Crippen molar-refractivity contribution in [2.24, 2.45) is 0 Å². The largest absolute Gasteiger partial charge is 0.497 e. The molecule has 5 heteroatoms. The molecule has 0 unspecified atom stereocenters. The van der Waals surface area contributed by atoms with E-state index in [9.17, 15) is 4.79 Å². The monoisotopic (exact) mass is 420 g/mol. The summed E-state index contributed by atoms with van der Waals surface area (Å²) >= 11 is 0. The summed E-state index contributed by atoms with van der Waals surface area (Å²) in [6.07, 6.45) is 0. The summed E-state index contributed by atoms with van der Waals surface area (Å²) in [5, 5.41) is 4.84. The summed E-state index contributed by atoms with van der Waals surface area (Å²) in [5.74, 6) is 1.21. The first-order valence-corrected chi connectivity index (χ1v) is 10.6. The van der Waals surface area contributed by atoms with E-state index in [1.54, 1.807) is 27.9 Å². The third kappa shape index (κ3) is 5.42. The van der Waals surface area contributed by atoms with E-state index in [0.29, 0.717) is 12.5 Å². The molecule has 0 fully saturated rings. The van der Waals surface area contributed by atoms with Gasteiger partial charge in [0.15, 0.2) is 5.78 Å². The summed E-state index contributed by atoms with van der Waals surface area (Å²) in [4.78, 5) is 11.8. The van der Waals surface area contributed by atoms with E-state index in [1.807, 2.05) is 28.9 Å². The maximum absolute atomic E-state index is 11.8. The summed E-state index contributed by atoms with van der Waals surface area (Å²) in [7, 11) is 1.67.